The Hall–Kier alpha value is -2.34. The number of benzene rings is 1. The van der Waals surface area contributed by atoms with E-state index in [1.165, 1.54) is 12.1 Å². The molecule has 0 aliphatic carbocycles. The molecule has 2 rings (SSSR count). The number of nitrogens with one attached hydrogen (secondary N) is 1. The number of aliphatic hydroxyl groups is 1. The summed E-state index contributed by atoms with van der Waals surface area (Å²) in [6, 6.07) is 4.69. The Kier molecular flexibility index (Phi) is 7.21. The first-order valence-electron chi connectivity index (χ1n) is 7.37. The van der Waals surface area contributed by atoms with Gasteiger partial charge in [0, 0.05) is 12.1 Å². The molecule has 140 valence electrons. The zero-order valence-electron chi connectivity index (χ0n) is 13.5. The minimum Gasteiger partial charge on any atom is -0.395 e. The molecule has 0 aliphatic heterocycles. The van der Waals surface area contributed by atoms with Gasteiger partial charge in [0.05, 0.1) is 29.9 Å². The van der Waals surface area contributed by atoms with Gasteiger partial charge in [-0.1, -0.05) is 0 Å². The van der Waals surface area contributed by atoms with Crippen molar-refractivity contribution in [3.8, 4) is 0 Å². The Morgan fingerprint density at radius 2 is 1.96 bits per heavy atom. The molecular formula is C15H17F3N6OS. The van der Waals surface area contributed by atoms with Gasteiger partial charge in [-0.25, -0.2) is 24.1 Å². The smallest absolute Gasteiger partial charge is 0.152 e. The summed E-state index contributed by atoms with van der Waals surface area (Å²) in [5, 5.41) is 13.4. The lowest BCUT2D eigenvalue weighted by Crippen LogP contribution is -2.29. The van der Waals surface area contributed by atoms with E-state index >= 15 is 0 Å². The highest BCUT2D eigenvalue weighted by atomic mass is 32.2. The maximum absolute atomic E-state index is 14.1. The molecule has 0 radical (unpaired) electrons. The minimum atomic E-state index is -0.836. The molecule has 11 heteroatoms. The van der Waals surface area contributed by atoms with Crippen LogP contribution < -0.4 is 16.3 Å². The highest BCUT2D eigenvalue weighted by Crippen LogP contribution is 2.24. The predicted molar refractivity (Wildman–Crippen MR) is 92.0 cm³/mol. The molecule has 0 saturated heterocycles. The molecule has 6 N–H and O–H groups in total. The monoisotopic (exact) mass is 386 g/mol. The van der Waals surface area contributed by atoms with Gasteiger partial charge in [0.15, 0.2) is 5.84 Å². The molecule has 2 aromatic rings. The normalized spacial score (nSPS) is 11.7. The number of hydrazine groups is 1. The van der Waals surface area contributed by atoms with Crippen LogP contribution in [0.15, 0.2) is 40.5 Å². The summed E-state index contributed by atoms with van der Waals surface area (Å²) in [5.41, 5.74) is 6.19. The molecule has 26 heavy (non-hydrogen) atoms. The SMILES string of the molecule is N/C(=N\N(N)Cc1ccc(F)cn1)c1cc(F)c(SNCCO)c(F)c1. The van der Waals surface area contributed by atoms with Crippen molar-refractivity contribution in [1.82, 2.24) is 14.8 Å². The lowest BCUT2D eigenvalue weighted by atomic mass is 10.2. The van der Waals surface area contributed by atoms with Crippen LogP contribution in [-0.4, -0.2) is 34.2 Å². The van der Waals surface area contributed by atoms with Crippen LogP contribution >= 0.6 is 11.9 Å². The lowest BCUT2D eigenvalue weighted by molar-refractivity contribution is 0.286. The van der Waals surface area contributed by atoms with Crippen molar-refractivity contribution in [2.24, 2.45) is 16.7 Å². The van der Waals surface area contributed by atoms with E-state index < -0.39 is 17.5 Å². The second-order valence-corrected chi connectivity index (χ2v) is 5.94. The summed E-state index contributed by atoms with van der Waals surface area (Å²) in [5.74, 6) is 3.31. The number of halogens is 3. The van der Waals surface area contributed by atoms with Gasteiger partial charge in [0.25, 0.3) is 0 Å². The Balaban J connectivity index is 2.10. The Morgan fingerprint density at radius 3 is 2.54 bits per heavy atom. The number of pyridine rings is 1. The summed E-state index contributed by atoms with van der Waals surface area (Å²) >= 11 is 0.721. The average molecular weight is 386 g/mol. The molecule has 1 aromatic heterocycles. The molecule has 1 heterocycles. The minimum absolute atomic E-state index is 0.00836. The number of hydrogen-bond donors (Lipinski definition) is 4. The summed E-state index contributed by atoms with van der Waals surface area (Å²) in [7, 11) is 0. The van der Waals surface area contributed by atoms with Crippen molar-refractivity contribution < 1.29 is 18.3 Å². The van der Waals surface area contributed by atoms with Crippen molar-refractivity contribution in [3.63, 3.8) is 0 Å². The molecule has 0 bridgehead atoms. The summed E-state index contributed by atoms with van der Waals surface area (Å²) < 4.78 is 43.5. The van der Waals surface area contributed by atoms with Gasteiger partial charge in [-0.3, -0.25) is 9.71 Å². The van der Waals surface area contributed by atoms with Crippen LogP contribution in [0.1, 0.15) is 11.3 Å². The van der Waals surface area contributed by atoms with Crippen molar-refractivity contribution >= 4 is 17.8 Å². The molecule has 0 fully saturated rings. The Bertz CT molecular complexity index is 751. The van der Waals surface area contributed by atoms with Crippen molar-refractivity contribution in [1.29, 1.82) is 0 Å². The molecule has 0 spiro atoms. The standard InChI is InChI=1S/C15H17F3N6OS/c16-10-1-2-11(21-7-10)8-24(20)23-15(19)9-5-12(17)14(13(18)6-9)26-22-3-4-25/h1-2,5-7,22,25H,3-4,8,20H2,(H2,19,23). The molecule has 7 nitrogen and oxygen atoms in total. The van der Waals surface area contributed by atoms with E-state index in [-0.39, 0.29) is 36.0 Å². The molecule has 0 unspecified atom stereocenters. The molecule has 1 aromatic carbocycles. The molecule has 0 atom stereocenters. The largest absolute Gasteiger partial charge is 0.395 e. The first-order chi connectivity index (χ1) is 12.4. The maximum atomic E-state index is 14.1. The topological polar surface area (TPSA) is 113 Å². The zero-order chi connectivity index (χ0) is 19.1. The van der Waals surface area contributed by atoms with E-state index in [0.29, 0.717) is 5.69 Å². The van der Waals surface area contributed by atoms with Crippen LogP contribution in [0.25, 0.3) is 0 Å². The van der Waals surface area contributed by atoms with Gasteiger partial charge in [-0.2, -0.15) is 0 Å². The van der Waals surface area contributed by atoms with Crippen LogP contribution in [0.5, 0.6) is 0 Å². The van der Waals surface area contributed by atoms with Crippen LogP contribution in [0.2, 0.25) is 0 Å². The zero-order valence-corrected chi connectivity index (χ0v) is 14.3. The number of rotatable bonds is 8. The predicted octanol–water partition coefficient (Wildman–Crippen LogP) is 1.08. The quantitative estimate of drug-likeness (QED) is 0.134. The van der Waals surface area contributed by atoms with E-state index in [4.69, 9.17) is 16.7 Å². The van der Waals surface area contributed by atoms with E-state index in [2.05, 4.69) is 14.8 Å². The van der Waals surface area contributed by atoms with Gasteiger partial charge < -0.3 is 10.8 Å². The number of hydrazone groups is 1. The highest BCUT2D eigenvalue weighted by molar-refractivity contribution is 7.97. The third kappa shape index (κ3) is 5.59. The van der Waals surface area contributed by atoms with Crippen molar-refractivity contribution in [2.45, 2.75) is 11.4 Å². The van der Waals surface area contributed by atoms with Gasteiger partial charge in [-0.15, -0.1) is 5.10 Å². The third-order valence-corrected chi connectivity index (χ3v) is 3.97. The number of amidine groups is 1. The first-order valence-corrected chi connectivity index (χ1v) is 8.19. The van der Waals surface area contributed by atoms with E-state index in [0.717, 1.165) is 35.4 Å². The molecule has 0 aliphatic rings. The van der Waals surface area contributed by atoms with Crippen molar-refractivity contribution in [2.75, 3.05) is 13.2 Å². The van der Waals surface area contributed by atoms with Crippen LogP contribution in [0, 0.1) is 17.5 Å². The maximum Gasteiger partial charge on any atom is 0.152 e. The summed E-state index contributed by atoms with van der Waals surface area (Å²) in [6.07, 6.45) is 1.03. The average Bonchev–Trinajstić information content (AvgIpc) is 2.59. The summed E-state index contributed by atoms with van der Waals surface area (Å²) in [6.45, 7) is 0.0303. The fraction of sp³-hybridized carbons (Fsp3) is 0.200. The number of nitrogens with zero attached hydrogens (tertiary/aromatic N) is 3. The van der Waals surface area contributed by atoms with Gasteiger partial charge in [-0.05, 0) is 36.2 Å². The van der Waals surface area contributed by atoms with E-state index in [9.17, 15) is 13.2 Å². The van der Waals surface area contributed by atoms with Gasteiger partial charge >= 0.3 is 0 Å². The van der Waals surface area contributed by atoms with Crippen LogP contribution in [0.4, 0.5) is 13.2 Å². The number of aromatic nitrogens is 1. The Morgan fingerprint density at radius 1 is 1.27 bits per heavy atom. The first kappa shape index (κ1) is 20.0. The Labute approximate surface area is 152 Å². The molecule has 0 saturated carbocycles. The lowest BCUT2D eigenvalue weighted by Gasteiger charge is -2.14. The van der Waals surface area contributed by atoms with E-state index in [1.807, 2.05) is 0 Å². The van der Waals surface area contributed by atoms with Gasteiger partial charge in [0.2, 0.25) is 0 Å². The van der Waals surface area contributed by atoms with Crippen LogP contribution in [0.3, 0.4) is 0 Å². The highest BCUT2D eigenvalue weighted by Gasteiger charge is 2.14. The summed E-state index contributed by atoms with van der Waals surface area (Å²) in [4.78, 5) is 3.56. The molecule has 0 amide bonds. The van der Waals surface area contributed by atoms with E-state index in [1.54, 1.807) is 0 Å². The van der Waals surface area contributed by atoms with Gasteiger partial charge in [0.1, 0.15) is 17.5 Å². The fourth-order valence-corrected chi connectivity index (χ4v) is 2.52. The number of nitrogens with two attached hydrogens (primary N) is 2. The second kappa shape index (κ2) is 9.38. The fourth-order valence-electron chi connectivity index (χ4n) is 1.87. The van der Waals surface area contributed by atoms with Crippen molar-refractivity contribution in [3.05, 3.63) is 59.2 Å². The second-order valence-electron chi connectivity index (χ2n) is 5.04. The third-order valence-electron chi connectivity index (χ3n) is 3.03. The van der Waals surface area contributed by atoms with Crippen LogP contribution in [-0.2, 0) is 6.54 Å². The number of hydrogen-bond acceptors (Lipinski definition) is 7. The molecular weight excluding hydrogens is 369 g/mol. The number of aliphatic hydroxyl groups excluding tert-OH is 1.